The lowest BCUT2D eigenvalue weighted by Gasteiger charge is -2.18. The van der Waals surface area contributed by atoms with Gasteiger partial charge in [-0.25, -0.2) is 59.8 Å². The fraction of sp³-hybridized carbons (Fsp3) is 0.662. The largest absolute Gasteiger partial charge is 0.388 e. The van der Waals surface area contributed by atoms with Crippen LogP contribution in [0, 0.1) is 0 Å². The number of aliphatic hydroxyl groups is 8. The Balaban J connectivity index is 0.000000168. The molecular formula is C71H119N21O13P4. The van der Waals surface area contributed by atoms with Crippen LogP contribution < -0.4 is 27.0 Å². The van der Waals surface area contributed by atoms with Gasteiger partial charge in [-0.15, -0.1) is 52.7 Å². The fourth-order valence-electron chi connectivity index (χ4n) is 12.8. The van der Waals surface area contributed by atoms with Crippen molar-refractivity contribution >= 4 is 121 Å². The van der Waals surface area contributed by atoms with Crippen molar-refractivity contribution in [2.24, 2.45) is 5.73 Å². The van der Waals surface area contributed by atoms with Gasteiger partial charge in [0.05, 0.1) is 49.7 Å². The Hall–Kier alpha value is -5.96. The first-order chi connectivity index (χ1) is 51.8. The third kappa shape index (κ3) is 22.9. The number of rotatable bonds is 33. The number of nitrogens with one attached hydrogen (secondary N) is 4. The Morgan fingerprint density at radius 1 is 0.376 bits per heavy atom. The highest BCUT2D eigenvalue weighted by Gasteiger charge is 2.48. The zero-order chi connectivity index (χ0) is 79.1. The van der Waals surface area contributed by atoms with Gasteiger partial charge < -0.3 is 91.5 Å². The van der Waals surface area contributed by atoms with E-state index in [1.165, 1.54) is 25.3 Å². The van der Waals surface area contributed by atoms with E-state index in [0.29, 0.717) is 126 Å². The highest BCUT2D eigenvalue weighted by molar-refractivity contribution is 7.73. The molecule has 4 fully saturated rings. The Kier molecular flexibility index (Phi) is 31.3. The molecule has 4 unspecified atom stereocenters. The summed E-state index contributed by atoms with van der Waals surface area (Å²) < 4.78 is 36.2. The molecule has 4 aliphatic heterocycles. The van der Waals surface area contributed by atoms with E-state index < -0.39 is 126 Å². The van der Waals surface area contributed by atoms with Gasteiger partial charge in [0.1, 0.15) is 74.1 Å². The van der Waals surface area contributed by atoms with Crippen molar-refractivity contribution in [1.29, 1.82) is 0 Å². The van der Waals surface area contributed by atoms with E-state index in [2.05, 4.69) is 173 Å². The molecule has 0 amide bonds. The Morgan fingerprint density at radius 3 is 0.917 bits per heavy atom. The van der Waals surface area contributed by atoms with E-state index in [-0.39, 0.29) is 0 Å². The first kappa shape index (κ1) is 87.0. The highest BCUT2D eigenvalue weighted by Crippen LogP contribution is 2.45. The number of unbranched alkanes of at least 4 members (excludes halogenated alkanes) is 1. The number of nitrogens with zero attached hydrogens (tertiary/aromatic N) is 16. The van der Waals surface area contributed by atoms with Crippen LogP contribution in [0.5, 0.6) is 0 Å². The maximum absolute atomic E-state index is 10.6. The zero-order valence-corrected chi connectivity index (χ0v) is 68.5. The number of ether oxygens (including phenoxy) is 5. The van der Waals surface area contributed by atoms with E-state index >= 15 is 0 Å². The average molecular weight is 1600 g/mol. The van der Waals surface area contributed by atoms with E-state index in [1.54, 1.807) is 43.6 Å². The molecule has 8 aromatic heterocycles. The summed E-state index contributed by atoms with van der Waals surface area (Å²) in [5.41, 5.74) is 10.2. The molecule has 12 heterocycles. The molecule has 34 nitrogen and oxygen atoms in total. The Morgan fingerprint density at radius 2 is 0.651 bits per heavy atom. The molecule has 606 valence electrons. The van der Waals surface area contributed by atoms with Crippen LogP contribution >= 0.6 is 27.5 Å². The summed E-state index contributed by atoms with van der Waals surface area (Å²) >= 11 is 0. The first-order valence-electron chi connectivity index (χ1n) is 37.5. The number of anilines is 4. The molecule has 4 saturated heterocycles. The van der Waals surface area contributed by atoms with Gasteiger partial charge in [0.2, 0.25) is 0 Å². The predicted molar refractivity (Wildman–Crippen MR) is 440 cm³/mol. The van der Waals surface area contributed by atoms with Gasteiger partial charge in [-0.2, -0.15) is 0 Å². The standard InChI is InChI=1S/C20H35N6O4P.C18H30N5O3P.C17H28N5O3P.C16H26N5O3P/c1-31(2,3)11-6-14-16(27)17(28)20(30-14)26-13-25-15-18(23-12-24-19(15)26)22-8-5-10-29-9-4-7-21;1-5-6-8-19-16-13-17(21-10-20-16)23(11-22-13)18-15(25)14(24)12(26-18)7-9-27(2,3)4;1-5-7-18-15-12-16(20-9-19-15)22(10-21-12)17-14(24)13(23)11(25-17)6-8-26(2,3)4;1-5-17-14-11-15(19-8-18-14)21(9-20-11)16-13(23)12(22)10(24-16)6-7-25(2,3)4/h12-14,16-17,20,27-28H,1,4-11,21H2,2-3H3,(H,22,23,24);10-12,14-15,18,24-25H,2,5-9H2,1,3-4H3,(H,19,20,21);9-11,13-14,17,23-24H,2,5-8H2,1,3-4H3,(H,18,19,20);8-10,12-13,16,22-23H,2,5-7H2,1,3-4H3,(H,17,18,19)/t14-,16-,17-,20?;12-,14-,15-,18?;11-,13-,14-,17?;10-,12-,13-,16?/m1111/s1. The van der Waals surface area contributed by atoms with Crippen LogP contribution in [0.3, 0.4) is 0 Å². The fourth-order valence-corrected chi connectivity index (χ4v) is 16.6. The van der Waals surface area contributed by atoms with E-state index in [0.717, 1.165) is 69.8 Å². The molecule has 0 spiro atoms. The van der Waals surface area contributed by atoms with Crippen molar-refractivity contribution in [1.82, 2.24) is 78.1 Å². The number of imidazole rings is 4. The molecule has 0 saturated carbocycles. The van der Waals surface area contributed by atoms with Crippen LogP contribution in [0.2, 0.25) is 0 Å². The molecule has 12 rings (SSSR count). The SMILES string of the molecule is C=P(C)(C)CC[C@H]1OC(n2cnc3c(NCC)ncnc32)[C@H](O)[C@@H]1O.C=P(C)(C)CC[C@H]1OC(n2cnc3c(NCCC)ncnc32)[C@H](O)[C@@H]1O.C=P(C)(C)CC[C@H]1OC(n2cnc3c(NCCCC)ncnc32)[C@H](O)[C@@H]1O.C=P(C)(C)CC[C@H]1OC(n2cnc3c(NCCCOCCCN)ncnc32)[C@H](O)[C@@H]1O. The van der Waals surface area contributed by atoms with E-state index in [1.807, 2.05) is 6.92 Å². The van der Waals surface area contributed by atoms with Crippen LogP contribution in [0.4, 0.5) is 23.3 Å². The van der Waals surface area contributed by atoms with Crippen molar-refractivity contribution in [2.45, 2.75) is 177 Å². The number of nitrogens with two attached hydrogens (primary N) is 1. The highest BCUT2D eigenvalue weighted by atomic mass is 31.2. The predicted octanol–water partition coefficient (Wildman–Crippen LogP) is 4.81. The number of hydrogen-bond acceptors (Lipinski definition) is 30. The lowest BCUT2D eigenvalue weighted by Crippen LogP contribution is -2.31. The number of fused-ring (bicyclic) bond motifs is 4. The normalized spacial score (nSPS) is 25.8. The maximum Gasteiger partial charge on any atom is 0.167 e. The minimum Gasteiger partial charge on any atom is -0.388 e. The van der Waals surface area contributed by atoms with Gasteiger partial charge in [-0.3, -0.25) is 18.3 Å². The van der Waals surface area contributed by atoms with Gasteiger partial charge in [0, 0.05) is 39.4 Å². The van der Waals surface area contributed by atoms with Gasteiger partial charge in [0.25, 0.3) is 0 Å². The minimum absolute atomic E-state index is 0.423. The van der Waals surface area contributed by atoms with Crippen molar-refractivity contribution < 1.29 is 64.5 Å². The van der Waals surface area contributed by atoms with Gasteiger partial charge >= 0.3 is 0 Å². The van der Waals surface area contributed by atoms with Crippen molar-refractivity contribution in [3.8, 4) is 0 Å². The third-order valence-corrected chi connectivity index (χ3v) is 24.8. The van der Waals surface area contributed by atoms with Crippen LogP contribution in [0.1, 0.15) is 103 Å². The molecule has 4 aliphatic rings. The number of aromatic nitrogens is 16. The van der Waals surface area contributed by atoms with Crippen LogP contribution in [-0.4, -0.2) is 341 Å². The molecule has 109 heavy (non-hydrogen) atoms. The van der Waals surface area contributed by atoms with Crippen molar-refractivity contribution in [2.75, 3.05) is 145 Å². The molecule has 8 aromatic rings. The molecule has 0 bridgehead atoms. The molecule has 0 aromatic carbocycles. The van der Waals surface area contributed by atoms with Crippen LogP contribution in [-0.2, 0) is 23.7 Å². The van der Waals surface area contributed by atoms with E-state index in [4.69, 9.17) is 29.4 Å². The van der Waals surface area contributed by atoms with Crippen molar-refractivity contribution in [3.63, 3.8) is 0 Å². The van der Waals surface area contributed by atoms with Crippen molar-refractivity contribution in [3.05, 3.63) is 50.6 Å². The van der Waals surface area contributed by atoms with E-state index in [9.17, 15) is 40.9 Å². The molecule has 16 atom stereocenters. The monoisotopic (exact) mass is 1600 g/mol. The first-order valence-corrected chi connectivity index (χ1v) is 49.7. The van der Waals surface area contributed by atoms with Crippen LogP contribution in [0.25, 0.3) is 44.7 Å². The zero-order valence-electron chi connectivity index (χ0n) is 65.0. The average Bonchev–Trinajstić information content (AvgIpc) is 1.64. The minimum atomic E-state index is -1.25. The second-order valence-electron chi connectivity index (χ2n) is 30.9. The molecular weight excluding hydrogens is 1480 g/mol. The maximum atomic E-state index is 10.6. The molecule has 14 N–H and O–H groups in total. The quantitative estimate of drug-likeness (QED) is 0.0194. The summed E-state index contributed by atoms with van der Waals surface area (Å²) in [7, 11) is 0. The third-order valence-electron chi connectivity index (χ3n) is 18.9. The summed E-state index contributed by atoms with van der Waals surface area (Å²) in [5.74, 6) is 2.57. The second-order valence-corrected chi connectivity index (χ2v) is 48.2. The van der Waals surface area contributed by atoms with Gasteiger partial charge in [-0.1, -0.05) is 20.3 Å². The molecule has 38 heteroatoms. The number of hydrogen-bond donors (Lipinski definition) is 13. The number of aliphatic hydroxyl groups excluding tert-OH is 8. The van der Waals surface area contributed by atoms with Crippen LogP contribution in [0.15, 0.2) is 50.6 Å². The van der Waals surface area contributed by atoms with Gasteiger partial charge in [-0.05, 0) is 143 Å². The molecule has 0 radical (unpaired) electrons. The summed E-state index contributed by atoms with van der Waals surface area (Å²) in [6.07, 6.45) is 27.3. The van der Waals surface area contributed by atoms with Gasteiger partial charge in [0.15, 0.2) is 92.8 Å². The second kappa shape index (κ2) is 39.2. The lowest BCUT2D eigenvalue weighted by atomic mass is 10.1. The molecule has 0 aliphatic carbocycles. The summed E-state index contributed by atoms with van der Waals surface area (Å²) in [4.78, 5) is 51.8. The Bertz CT molecular complexity index is 4390. The summed E-state index contributed by atoms with van der Waals surface area (Å²) in [5, 5.41) is 96.7. The lowest BCUT2D eigenvalue weighted by molar-refractivity contribution is -0.0353. The Labute approximate surface area is 638 Å². The smallest absolute Gasteiger partial charge is 0.167 e. The summed E-state index contributed by atoms with van der Waals surface area (Å²) in [6.45, 7) is 23.4. The topological polar surface area (TPSA) is 457 Å². The summed E-state index contributed by atoms with van der Waals surface area (Å²) in [6, 6.07) is 0.